The lowest BCUT2D eigenvalue weighted by Crippen LogP contribution is -2.39. The third kappa shape index (κ3) is 2.72. The first-order valence-electron chi connectivity index (χ1n) is 5.23. The fourth-order valence-corrected chi connectivity index (χ4v) is 1.30. The number of anilines is 1. The van der Waals surface area contributed by atoms with Gasteiger partial charge in [0.05, 0.1) is 5.69 Å². The summed E-state index contributed by atoms with van der Waals surface area (Å²) in [5.41, 5.74) is 6.46. The molecule has 86 valence electrons. The number of aromatic nitrogens is 1. The molecule has 0 radical (unpaired) electrons. The first-order chi connectivity index (χ1) is 6.86. The van der Waals surface area contributed by atoms with Crippen LogP contribution in [0.1, 0.15) is 33.4 Å². The Morgan fingerprint density at radius 1 is 1.53 bits per heavy atom. The average molecular weight is 211 g/mol. The summed E-state index contributed by atoms with van der Waals surface area (Å²) >= 11 is 0. The number of rotatable bonds is 3. The van der Waals surface area contributed by atoms with Gasteiger partial charge in [0.2, 0.25) is 0 Å². The Bertz CT molecular complexity index is 314. The van der Waals surface area contributed by atoms with E-state index < -0.39 is 0 Å². The topological polar surface area (TPSA) is 55.3 Å². The highest BCUT2D eigenvalue weighted by Gasteiger charge is 2.26. The minimum Gasteiger partial charge on any atom is -0.432 e. The van der Waals surface area contributed by atoms with Crippen LogP contribution in [0, 0.1) is 5.41 Å². The Morgan fingerprint density at radius 2 is 2.13 bits per heavy atom. The van der Waals surface area contributed by atoms with Crippen LogP contribution in [0.4, 0.5) is 6.01 Å². The molecule has 0 aliphatic carbocycles. The summed E-state index contributed by atoms with van der Waals surface area (Å²) in [4.78, 5) is 6.34. The molecule has 0 fully saturated rings. The molecular formula is C11H21N3O. The zero-order chi connectivity index (χ0) is 11.6. The molecule has 15 heavy (non-hydrogen) atoms. The molecule has 2 N–H and O–H groups in total. The first kappa shape index (κ1) is 12.0. The van der Waals surface area contributed by atoms with Crippen molar-refractivity contribution in [1.29, 1.82) is 0 Å². The van der Waals surface area contributed by atoms with Crippen LogP contribution in [0.5, 0.6) is 0 Å². The van der Waals surface area contributed by atoms with Crippen LogP contribution in [0.3, 0.4) is 0 Å². The van der Waals surface area contributed by atoms with Gasteiger partial charge in [0, 0.05) is 19.6 Å². The van der Waals surface area contributed by atoms with E-state index in [9.17, 15) is 0 Å². The van der Waals surface area contributed by atoms with E-state index in [1.165, 1.54) is 0 Å². The minimum atomic E-state index is 0.187. The van der Waals surface area contributed by atoms with Gasteiger partial charge in [-0.25, -0.2) is 0 Å². The van der Waals surface area contributed by atoms with E-state index in [1.54, 1.807) is 6.26 Å². The fourth-order valence-electron chi connectivity index (χ4n) is 1.30. The third-order valence-electron chi connectivity index (χ3n) is 2.88. The van der Waals surface area contributed by atoms with Crippen molar-refractivity contribution < 1.29 is 4.42 Å². The lowest BCUT2D eigenvalue weighted by atomic mass is 9.87. The van der Waals surface area contributed by atoms with Crippen LogP contribution in [-0.4, -0.2) is 18.1 Å². The summed E-state index contributed by atoms with van der Waals surface area (Å²) in [6.45, 7) is 9.16. The molecule has 0 saturated carbocycles. The third-order valence-corrected chi connectivity index (χ3v) is 2.88. The smallest absolute Gasteiger partial charge is 0.297 e. The Kier molecular flexibility index (Phi) is 3.39. The van der Waals surface area contributed by atoms with E-state index in [1.807, 2.05) is 11.9 Å². The number of hydrogen-bond donors (Lipinski definition) is 1. The Labute approximate surface area is 91.5 Å². The Hall–Kier alpha value is -1.03. The standard InChI is InChI=1S/C11H21N3O/c1-8(11(2,3)4)14(5)10-13-9(6-12)7-15-10/h7-8H,6,12H2,1-5H3. The van der Waals surface area contributed by atoms with Crippen molar-refractivity contribution in [2.75, 3.05) is 11.9 Å². The SMILES string of the molecule is CC(N(C)c1nc(CN)co1)C(C)(C)C. The highest BCUT2D eigenvalue weighted by atomic mass is 16.4. The van der Waals surface area contributed by atoms with Gasteiger partial charge in [-0.2, -0.15) is 4.98 Å². The maximum absolute atomic E-state index is 5.48. The molecule has 0 spiro atoms. The van der Waals surface area contributed by atoms with Crippen molar-refractivity contribution in [1.82, 2.24) is 4.98 Å². The Balaban J connectivity index is 2.80. The summed E-state index contributed by atoms with van der Waals surface area (Å²) in [5.74, 6) is 0. The normalized spacial score (nSPS) is 14.0. The van der Waals surface area contributed by atoms with Gasteiger partial charge in [-0.15, -0.1) is 0 Å². The van der Waals surface area contributed by atoms with E-state index in [4.69, 9.17) is 10.2 Å². The van der Waals surface area contributed by atoms with E-state index in [0.717, 1.165) is 5.69 Å². The highest BCUT2D eigenvalue weighted by molar-refractivity contribution is 5.28. The maximum atomic E-state index is 5.48. The van der Waals surface area contributed by atoms with Crippen LogP contribution in [0.25, 0.3) is 0 Å². The molecule has 1 unspecified atom stereocenters. The van der Waals surface area contributed by atoms with Crippen molar-refractivity contribution in [3.8, 4) is 0 Å². The van der Waals surface area contributed by atoms with Gasteiger partial charge in [0.25, 0.3) is 6.01 Å². The summed E-state index contributed by atoms with van der Waals surface area (Å²) in [6, 6.07) is 0.986. The van der Waals surface area contributed by atoms with Crippen molar-refractivity contribution >= 4 is 6.01 Å². The lowest BCUT2D eigenvalue weighted by molar-refractivity contribution is 0.318. The van der Waals surface area contributed by atoms with Crippen molar-refractivity contribution in [3.05, 3.63) is 12.0 Å². The van der Waals surface area contributed by atoms with Crippen LogP contribution in [0.15, 0.2) is 10.7 Å². The van der Waals surface area contributed by atoms with Crippen molar-refractivity contribution in [2.45, 2.75) is 40.3 Å². The van der Waals surface area contributed by atoms with Crippen LogP contribution in [0.2, 0.25) is 0 Å². The quantitative estimate of drug-likeness (QED) is 0.831. The van der Waals surface area contributed by atoms with Gasteiger partial charge in [-0.3, -0.25) is 0 Å². The second-order valence-corrected chi connectivity index (χ2v) is 4.98. The Morgan fingerprint density at radius 3 is 2.53 bits per heavy atom. The fraction of sp³-hybridized carbons (Fsp3) is 0.727. The number of hydrogen-bond acceptors (Lipinski definition) is 4. The molecule has 1 aromatic rings. The zero-order valence-electron chi connectivity index (χ0n) is 10.2. The van der Waals surface area contributed by atoms with Crippen molar-refractivity contribution in [3.63, 3.8) is 0 Å². The second kappa shape index (κ2) is 4.23. The number of oxazole rings is 1. The molecule has 4 nitrogen and oxygen atoms in total. The maximum Gasteiger partial charge on any atom is 0.297 e. The van der Waals surface area contributed by atoms with Gasteiger partial charge < -0.3 is 15.1 Å². The molecule has 1 rings (SSSR count). The molecule has 0 aliphatic rings. The number of nitrogens with two attached hydrogens (primary N) is 1. The molecule has 0 bridgehead atoms. The highest BCUT2D eigenvalue weighted by Crippen LogP contribution is 2.26. The molecule has 0 amide bonds. The summed E-state index contributed by atoms with van der Waals surface area (Å²) < 4.78 is 5.37. The van der Waals surface area contributed by atoms with E-state index in [0.29, 0.717) is 18.6 Å². The van der Waals surface area contributed by atoms with E-state index >= 15 is 0 Å². The summed E-state index contributed by atoms with van der Waals surface area (Å²) in [6.07, 6.45) is 1.61. The van der Waals surface area contributed by atoms with Crippen LogP contribution in [-0.2, 0) is 6.54 Å². The van der Waals surface area contributed by atoms with E-state index in [2.05, 4.69) is 32.7 Å². The lowest BCUT2D eigenvalue weighted by Gasteiger charge is -2.34. The van der Waals surface area contributed by atoms with Crippen LogP contribution >= 0.6 is 0 Å². The van der Waals surface area contributed by atoms with Crippen LogP contribution < -0.4 is 10.6 Å². The number of nitrogens with zero attached hydrogens (tertiary/aromatic N) is 2. The zero-order valence-corrected chi connectivity index (χ0v) is 10.2. The molecule has 1 heterocycles. The van der Waals surface area contributed by atoms with E-state index in [-0.39, 0.29) is 5.41 Å². The van der Waals surface area contributed by atoms with Gasteiger partial charge in [-0.1, -0.05) is 20.8 Å². The molecule has 1 aromatic heterocycles. The summed E-state index contributed by atoms with van der Waals surface area (Å²) in [5, 5.41) is 0. The van der Waals surface area contributed by atoms with Gasteiger partial charge in [-0.05, 0) is 12.3 Å². The minimum absolute atomic E-state index is 0.187. The predicted octanol–water partition coefficient (Wildman–Crippen LogP) is 2.00. The van der Waals surface area contributed by atoms with Gasteiger partial charge in [0.1, 0.15) is 6.26 Å². The molecule has 4 heteroatoms. The monoisotopic (exact) mass is 211 g/mol. The molecule has 0 aliphatic heterocycles. The van der Waals surface area contributed by atoms with Crippen molar-refractivity contribution in [2.24, 2.45) is 11.1 Å². The molecular weight excluding hydrogens is 190 g/mol. The molecule has 0 saturated heterocycles. The summed E-state index contributed by atoms with van der Waals surface area (Å²) in [7, 11) is 1.99. The van der Waals surface area contributed by atoms with Gasteiger partial charge in [0.15, 0.2) is 0 Å². The average Bonchev–Trinajstić information content (AvgIpc) is 2.62. The first-order valence-corrected chi connectivity index (χ1v) is 5.23. The largest absolute Gasteiger partial charge is 0.432 e. The molecule has 1 atom stereocenters. The van der Waals surface area contributed by atoms with Gasteiger partial charge >= 0.3 is 0 Å². The second-order valence-electron chi connectivity index (χ2n) is 4.98. The molecule has 0 aromatic carbocycles. The predicted molar refractivity (Wildman–Crippen MR) is 61.7 cm³/mol.